The van der Waals surface area contributed by atoms with Crippen molar-refractivity contribution in [2.45, 2.75) is 6.04 Å². The number of piperazine rings is 1. The number of carbonyl (C=O) groups is 1. The number of aromatic nitrogens is 1. The largest absolute Gasteiger partial charge is 0.335 e. The summed E-state index contributed by atoms with van der Waals surface area (Å²) in [5, 5.41) is 5.37. The van der Waals surface area contributed by atoms with Gasteiger partial charge >= 0.3 is 0 Å². The highest BCUT2D eigenvalue weighted by Crippen LogP contribution is 2.19. The van der Waals surface area contributed by atoms with Crippen LogP contribution in [0.2, 0.25) is 0 Å². The molecule has 3 rings (SSSR count). The molecule has 1 amide bonds. The van der Waals surface area contributed by atoms with E-state index in [9.17, 15) is 4.79 Å². The summed E-state index contributed by atoms with van der Waals surface area (Å²) >= 11 is 1.50. The van der Waals surface area contributed by atoms with Crippen LogP contribution in [-0.2, 0) is 0 Å². The molecule has 1 saturated heterocycles. The number of rotatable bonds is 2. The van der Waals surface area contributed by atoms with Gasteiger partial charge in [-0.1, -0.05) is 12.1 Å². The van der Waals surface area contributed by atoms with E-state index in [0.29, 0.717) is 6.54 Å². The third-order valence-corrected chi connectivity index (χ3v) is 4.14. The van der Waals surface area contributed by atoms with Gasteiger partial charge in [0.15, 0.2) is 0 Å². The SMILES string of the molecule is O=C(c1cccs1)N1CCN[C@@H](c2cccnc2)C1. The molecular formula is C14H15N3OS. The fourth-order valence-corrected chi connectivity index (χ4v) is 2.99. The minimum absolute atomic E-state index is 0.130. The summed E-state index contributed by atoms with van der Waals surface area (Å²) in [4.78, 5) is 19.2. The molecule has 2 aromatic rings. The van der Waals surface area contributed by atoms with E-state index in [1.807, 2.05) is 40.7 Å². The van der Waals surface area contributed by atoms with Crippen LogP contribution in [-0.4, -0.2) is 35.4 Å². The first-order valence-corrected chi connectivity index (χ1v) is 7.18. The Morgan fingerprint density at radius 2 is 2.37 bits per heavy atom. The van der Waals surface area contributed by atoms with Crippen LogP contribution in [0.1, 0.15) is 21.3 Å². The number of hydrogen-bond donors (Lipinski definition) is 1. The Bertz CT molecular complexity index is 541. The third-order valence-electron chi connectivity index (χ3n) is 3.28. The van der Waals surface area contributed by atoms with Gasteiger partial charge in [0.25, 0.3) is 5.91 Å². The van der Waals surface area contributed by atoms with Crippen molar-refractivity contribution in [3.8, 4) is 0 Å². The topological polar surface area (TPSA) is 45.2 Å². The molecule has 3 heterocycles. The minimum Gasteiger partial charge on any atom is -0.335 e. The number of thiophene rings is 1. The summed E-state index contributed by atoms with van der Waals surface area (Å²) in [6.07, 6.45) is 3.62. The fraction of sp³-hybridized carbons (Fsp3) is 0.286. The van der Waals surface area contributed by atoms with Crippen molar-refractivity contribution < 1.29 is 4.79 Å². The van der Waals surface area contributed by atoms with Crippen molar-refractivity contribution in [2.75, 3.05) is 19.6 Å². The Balaban J connectivity index is 1.73. The summed E-state index contributed by atoms with van der Waals surface area (Å²) in [6.45, 7) is 2.27. The van der Waals surface area contributed by atoms with Crippen LogP contribution in [0.4, 0.5) is 0 Å². The highest BCUT2D eigenvalue weighted by Gasteiger charge is 2.25. The lowest BCUT2D eigenvalue weighted by molar-refractivity contribution is 0.0708. The number of pyridine rings is 1. The smallest absolute Gasteiger partial charge is 0.264 e. The van der Waals surface area contributed by atoms with E-state index in [1.165, 1.54) is 11.3 Å². The van der Waals surface area contributed by atoms with Crippen molar-refractivity contribution >= 4 is 17.2 Å². The summed E-state index contributed by atoms with van der Waals surface area (Å²) < 4.78 is 0. The van der Waals surface area contributed by atoms with E-state index in [1.54, 1.807) is 6.20 Å². The predicted octanol–water partition coefficient (Wildman–Crippen LogP) is 1.93. The zero-order valence-corrected chi connectivity index (χ0v) is 11.3. The van der Waals surface area contributed by atoms with Gasteiger partial charge in [0.1, 0.15) is 0 Å². The lowest BCUT2D eigenvalue weighted by Gasteiger charge is -2.33. The van der Waals surface area contributed by atoms with Gasteiger partial charge in [0.05, 0.1) is 10.9 Å². The second-order valence-corrected chi connectivity index (χ2v) is 5.47. The number of nitrogens with zero attached hydrogens (tertiary/aromatic N) is 2. The van der Waals surface area contributed by atoms with Crippen LogP contribution < -0.4 is 5.32 Å². The van der Waals surface area contributed by atoms with Crippen molar-refractivity contribution in [3.05, 3.63) is 52.5 Å². The highest BCUT2D eigenvalue weighted by molar-refractivity contribution is 7.12. The maximum atomic E-state index is 12.3. The maximum absolute atomic E-state index is 12.3. The molecule has 0 unspecified atom stereocenters. The minimum atomic E-state index is 0.130. The Kier molecular flexibility index (Phi) is 3.57. The molecule has 0 spiro atoms. The lowest BCUT2D eigenvalue weighted by Crippen LogP contribution is -2.48. The molecular weight excluding hydrogens is 258 g/mol. The van der Waals surface area contributed by atoms with Crippen LogP contribution in [0.15, 0.2) is 42.0 Å². The second kappa shape index (κ2) is 5.50. The monoisotopic (exact) mass is 273 g/mol. The quantitative estimate of drug-likeness (QED) is 0.909. The Labute approximate surface area is 116 Å². The van der Waals surface area contributed by atoms with E-state index >= 15 is 0 Å². The van der Waals surface area contributed by atoms with E-state index in [4.69, 9.17) is 0 Å². The normalized spacial score (nSPS) is 19.4. The van der Waals surface area contributed by atoms with Crippen molar-refractivity contribution in [2.24, 2.45) is 0 Å². The first-order valence-electron chi connectivity index (χ1n) is 6.30. The molecule has 0 radical (unpaired) electrons. The predicted molar refractivity (Wildman–Crippen MR) is 75.2 cm³/mol. The number of nitrogens with one attached hydrogen (secondary N) is 1. The molecule has 0 saturated carbocycles. The van der Waals surface area contributed by atoms with Crippen LogP contribution in [0.25, 0.3) is 0 Å². The van der Waals surface area contributed by atoms with Crippen LogP contribution in [0.3, 0.4) is 0 Å². The average molecular weight is 273 g/mol. The average Bonchev–Trinajstić information content (AvgIpc) is 3.02. The summed E-state index contributed by atoms with van der Waals surface area (Å²) in [7, 11) is 0. The lowest BCUT2D eigenvalue weighted by atomic mass is 10.1. The molecule has 0 bridgehead atoms. The molecule has 4 nitrogen and oxygen atoms in total. The summed E-state index contributed by atoms with van der Waals surface area (Å²) in [6, 6.07) is 7.94. The van der Waals surface area contributed by atoms with Gasteiger partial charge in [-0.05, 0) is 23.1 Å². The summed E-state index contributed by atoms with van der Waals surface area (Å²) in [5.74, 6) is 0.130. The maximum Gasteiger partial charge on any atom is 0.264 e. The summed E-state index contributed by atoms with van der Waals surface area (Å²) in [5.41, 5.74) is 1.13. The number of carbonyl (C=O) groups excluding carboxylic acids is 1. The molecule has 98 valence electrons. The Morgan fingerprint density at radius 1 is 1.42 bits per heavy atom. The molecule has 0 aromatic carbocycles. The standard InChI is InChI=1S/C14H15N3OS/c18-14(13-4-2-8-19-13)17-7-6-16-12(10-17)11-3-1-5-15-9-11/h1-5,8-9,12,16H,6-7,10H2/t12-/m1/s1. The van der Waals surface area contributed by atoms with E-state index in [0.717, 1.165) is 23.5 Å². The van der Waals surface area contributed by atoms with Crippen molar-refractivity contribution in [3.63, 3.8) is 0 Å². The zero-order valence-electron chi connectivity index (χ0n) is 10.5. The first kappa shape index (κ1) is 12.3. The molecule has 1 atom stereocenters. The Morgan fingerprint density at radius 3 is 3.11 bits per heavy atom. The van der Waals surface area contributed by atoms with Gasteiger partial charge in [0.2, 0.25) is 0 Å². The third kappa shape index (κ3) is 2.67. The number of amides is 1. The Hall–Kier alpha value is -1.72. The van der Waals surface area contributed by atoms with Gasteiger partial charge in [-0.3, -0.25) is 9.78 Å². The van der Waals surface area contributed by atoms with Gasteiger partial charge in [-0.25, -0.2) is 0 Å². The number of hydrogen-bond acceptors (Lipinski definition) is 4. The van der Waals surface area contributed by atoms with E-state index < -0.39 is 0 Å². The van der Waals surface area contributed by atoms with Crippen LogP contribution in [0.5, 0.6) is 0 Å². The van der Waals surface area contributed by atoms with Crippen molar-refractivity contribution in [1.82, 2.24) is 15.2 Å². The molecule has 1 aliphatic heterocycles. The van der Waals surface area contributed by atoms with Gasteiger partial charge < -0.3 is 10.2 Å². The molecule has 19 heavy (non-hydrogen) atoms. The van der Waals surface area contributed by atoms with E-state index in [-0.39, 0.29) is 11.9 Å². The second-order valence-electron chi connectivity index (χ2n) is 4.52. The fourth-order valence-electron chi connectivity index (χ4n) is 2.30. The molecule has 1 N–H and O–H groups in total. The van der Waals surface area contributed by atoms with E-state index in [2.05, 4.69) is 10.3 Å². The van der Waals surface area contributed by atoms with Crippen LogP contribution in [0, 0.1) is 0 Å². The zero-order chi connectivity index (χ0) is 13.1. The molecule has 1 aliphatic rings. The molecule has 2 aromatic heterocycles. The molecule has 5 heteroatoms. The van der Waals surface area contributed by atoms with Gasteiger partial charge in [-0.2, -0.15) is 0 Å². The van der Waals surface area contributed by atoms with Gasteiger partial charge in [-0.15, -0.1) is 11.3 Å². The highest BCUT2D eigenvalue weighted by atomic mass is 32.1. The molecule has 0 aliphatic carbocycles. The van der Waals surface area contributed by atoms with Gasteiger partial charge in [0, 0.05) is 32.0 Å². The first-order chi connectivity index (χ1) is 9.34. The van der Waals surface area contributed by atoms with Crippen LogP contribution >= 0.6 is 11.3 Å². The van der Waals surface area contributed by atoms with Crippen molar-refractivity contribution in [1.29, 1.82) is 0 Å². The molecule has 1 fully saturated rings.